The topological polar surface area (TPSA) is 71.0 Å². The van der Waals surface area contributed by atoms with Gasteiger partial charge in [-0.25, -0.2) is 0 Å². The third-order valence-corrected chi connectivity index (χ3v) is 1.47. The van der Waals surface area contributed by atoms with Gasteiger partial charge in [-0.05, 0) is 12.8 Å². The molecule has 0 fully saturated rings. The van der Waals surface area contributed by atoms with Crippen molar-refractivity contribution in [2.45, 2.75) is 12.8 Å². The van der Waals surface area contributed by atoms with Crippen molar-refractivity contribution in [2.24, 2.45) is 0 Å². The van der Waals surface area contributed by atoms with E-state index in [-0.39, 0.29) is 6.61 Å². The summed E-state index contributed by atoms with van der Waals surface area (Å²) in [7, 11) is 0. The van der Waals surface area contributed by atoms with Gasteiger partial charge in [-0.3, -0.25) is 4.90 Å². The maximum absolute atomic E-state index is 8.49. The van der Waals surface area contributed by atoms with Crippen LogP contribution < -0.4 is 0 Å². The summed E-state index contributed by atoms with van der Waals surface area (Å²) in [6.45, 7) is 1.46. The van der Waals surface area contributed by atoms with Gasteiger partial charge in [-0.15, -0.1) is 0 Å². The van der Waals surface area contributed by atoms with Gasteiger partial charge in [0.25, 0.3) is 0 Å². The number of nitriles is 2. The summed E-state index contributed by atoms with van der Waals surface area (Å²) in [4.78, 5) is 1.76. The molecule has 0 atom stereocenters. The Bertz CT molecular complexity index is 164. The molecule has 0 aromatic carbocycles. The molecule has 0 radical (unpaired) electrons. The second kappa shape index (κ2) is 8.00. The van der Waals surface area contributed by atoms with Gasteiger partial charge >= 0.3 is 0 Å². The molecular formula is C8H13N3O. The Morgan fingerprint density at radius 2 is 1.67 bits per heavy atom. The smallest absolute Gasteiger partial charge is 0.0874 e. The summed E-state index contributed by atoms with van der Waals surface area (Å²) in [5, 5.41) is 25.2. The molecule has 0 aliphatic carbocycles. The lowest BCUT2D eigenvalue weighted by Crippen LogP contribution is -2.25. The third-order valence-electron chi connectivity index (χ3n) is 1.47. The van der Waals surface area contributed by atoms with E-state index >= 15 is 0 Å². The predicted molar refractivity (Wildman–Crippen MR) is 44.0 cm³/mol. The fourth-order valence-electron chi connectivity index (χ4n) is 0.861. The molecule has 0 unspecified atom stereocenters. The lowest BCUT2D eigenvalue weighted by molar-refractivity contribution is 0.264. The molecule has 12 heavy (non-hydrogen) atoms. The van der Waals surface area contributed by atoms with Crippen LogP contribution >= 0.6 is 0 Å². The SMILES string of the molecule is N#CCN(CC#N)CCCCO. The van der Waals surface area contributed by atoms with Crippen LogP contribution in [0, 0.1) is 22.7 Å². The van der Waals surface area contributed by atoms with Crippen LogP contribution in [-0.2, 0) is 0 Å². The average Bonchev–Trinajstić information content (AvgIpc) is 2.06. The van der Waals surface area contributed by atoms with Crippen molar-refractivity contribution in [2.75, 3.05) is 26.2 Å². The highest BCUT2D eigenvalue weighted by atomic mass is 16.2. The monoisotopic (exact) mass is 167 g/mol. The lowest BCUT2D eigenvalue weighted by atomic mass is 10.3. The molecular weight excluding hydrogens is 154 g/mol. The molecule has 0 saturated heterocycles. The van der Waals surface area contributed by atoms with Crippen molar-refractivity contribution in [1.82, 2.24) is 4.90 Å². The van der Waals surface area contributed by atoms with Gasteiger partial charge in [0.15, 0.2) is 0 Å². The van der Waals surface area contributed by atoms with E-state index in [0.29, 0.717) is 19.6 Å². The van der Waals surface area contributed by atoms with Crippen LogP contribution in [0.3, 0.4) is 0 Å². The molecule has 0 bridgehead atoms. The third kappa shape index (κ3) is 5.67. The van der Waals surface area contributed by atoms with Crippen LogP contribution in [0.2, 0.25) is 0 Å². The molecule has 0 aliphatic heterocycles. The van der Waals surface area contributed by atoms with Gasteiger partial charge in [-0.1, -0.05) is 0 Å². The van der Waals surface area contributed by atoms with Gasteiger partial charge < -0.3 is 5.11 Å². The quantitative estimate of drug-likeness (QED) is 0.450. The van der Waals surface area contributed by atoms with Crippen LogP contribution in [0.5, 0.6) is 0 Å². The first-order chi connectivity index (χ1) is 5.85. The van der Waals surface area contributed by atoms with E-state index in [1.165, 1.54) is 0 Å². The summed E-state index contributed by atoms with van der Waals surface area (Å²) in [5.74, 6) is 0. The number of aliphatic hydroxyl groups is 1. The predicted octanol–water partition coefficient (Wildman–Crippen LogP) is 0.108. The van der Waals surface area contributed by atoms with Crippen molar-refractivity contribution in [1.29, 1.82) is 10.5 Å². The van der Waals surface area contributed by atoms with Crippen molar-refractivity contribution in [3.63, 3.8) is 0 Å². The minimum absolute atomic E-state index is 0.174. The van der Waals surface area contributed by atoms with Crippen LogP contribution in [0.25, 0.3) is 0 Å². The maximum Gasteiger partial charge on any atom is 0.0874 e. The van der Waals surface area contributed by atoms with Crippen molar-refractivity contribution < 1.29 is 5.11 Å². The normalized spacial score (nSPS) is 9.33. The Hall–Kier alpha value is -1.10. The van der Waals surface area contributed by atoms with Crippen LogP contribution in [0.1, 0.15) is 12.8 Å². The summed E-state index contributed by atoms with van der Waals surface area (Å²) in [5.41, 5.74) is 0. The van der Waals surface area contributed by atoms with Crippen molar-refractivity contribution in [3.8, 4) is 12.1 Å². The first-order valence-corrected chi connectivity index (χ1v) is 3.92. The average molecular weight is 167 g/mol. The van der Waals surface area contributed by atoms with E-state index in [0.717, 1.165) is 12.8 Å². The molecule has 4 nitrogen and oxygen atoms in total. The molecule has 4 heteroatoms. The minimum atomic E-state index is 0.174. The lowest BCUT2D eigenvalue weighted by Gasteiger charge is -2.13. The zero-order chi connectivity index (χ0) is 9.23. The number of hydrogen-bond acceptors (Lipinski definition) is 4. The van der Waals surface area contributed by atoms with E-state index in [4.69, 9.17) is 15.6 Å². The van der Waals surface area contributed by atoms with Gasteiger partial charge in [0.1, 0.15) is 0 Å². The minimum Gasteiger partial charge on any atom is -0.396 e. The van der Waals surface area contributed by atoms with Gasteiger partial charge in [0.05, 0.1) is 25.2 Å². The highest BCUT2D eigenvalue weighted by Crippen LogP contribution is 1.93. The zero-order valence-electron chi connectivity index (χ0n) is 7.03. The molecule has 0 aromatic heterocycles. The largest absolute Gasteiger partial charge is 0.396 e. The van der Waals surface area contributed by atoms with E-state index in [1.807, 2.05) is 12.1 Å². The summed E-state index contributed by atoms with van der Waals surface area (Å²) in [6.07, 6.45) is 1.56. The summed E-state index contributed by atoms with van der Waals surface area (Å²) in [6, 6.07) is 3.98. The van der Waals surface area contributed by atoms with E-state index in [9.17, 15) is 0 Å². The first-order valence-electron chi connectivity index (χ1n) is 3.92. The van der Waals surface area contributed by atoms with E-state index in [2.05, 4.69) is 0 Å². The summed E-state index contributed by atoms with van der Waals surface area (Å²) >= 11 is 0. The van der Waals surface area contributed by atoms with Gasteiger partial charge in [0.2, 0.25) is 0 Å². The second-order valence-corrected chi connectivity index (χ2v) is 2.46. The van der Waals surface area contributed by atoms with Gasteiger partial charge in [0, 0.05) is 13.2 Å². The fourth-order valence-corrected chi connectivity index (χ4v) is 0.861. The molecule has 0 rings (SSSR count). The zero-order valence-corrected chi connectivity index (χ0v) is 7.03. The Kier molecular flexibility index (Phi) is 7.27. The molecule has 0 heterocycles. The van der Waals surface area contributed by atoms with Crippen LogP contribution in [0.15, 0.2) is 0 Å². The Morgan fingerprint density at radius 3 is 2.08 bits per heavy atom. The molecule has 0 saturated carbocycles. The molecule has 1 N–H and O–H groups in total. The molecule has 0 amide bonds. The number of nitrogens with zero attached hydrogens (tertiary/aromatic N) is 3. The molecule has 66 valence electrons. The summed E-state index contributed by atoms with van der Waals surface area (Å²) < 4.78 is 0. The van der Waals surface area contributed by atoms with Crippen LogP contribution in [0.4, 0.5) is 0 Å². The number of aliphatic hydroxyl groups excluding tert-OH is 1. The standard InChI is InChI=1S/C8H13N3O/c9-3-6-11(7-4-10)5-1-2-8-12/h12H,1-2,5-8H2. The fraction of sp³-hybridized carbons (Fsp3) is 0.750. The maximum atomic E-state index is 8.49. The van der Waals surface area contributed by atoms with E-state index < -0.39 is 0 Å². The molecule has 0 aromatic rings. The molecule has 0 spiro atoms. The Balaban J connectivity index is 3.51. The first kappa shape index (κ1) is 10.9. The Labute approximate surface area is 72.6 Å². The van der Waals surface area contributed by atoms with Crippen molar-refractivity contribution >= 4 is 0 Å². The Morgan fingerprint density at radius 1 is 1.08 bits per heavy atom. The molecule has 0 aliphatic rings. The number of hydrogen-bond donors (Lipinski definition) is 1. The number of rotatable bonds is 6. The van der Waals surface area contributed by atoms with Gasteiger partial charge in [-0.2, -0.15) is 10.5 Å². The highest BCUT2D eigenvalue weighted by molar-refractivity contribution is 4.83. The van der Waals surface area contributed by atoms with E-state index in [1.54, 1.807) is 4.90 Å². The number of unbranched alkanes of at least 4 members (excludes halogenated alkanes) is 1. The second-order valence-electron chi connectivity index (χ2n) is 2.46. The van der Waals surface area contributed by atoms with Crippen LogP contribution in [-0.4, -0.2) is 36.2 Å². The highest BCUT2D eigenvalue weighted by Gasteiger charge is 2.01. The van der Waals surface area contributed by atoms with Crippen molar-refractivity contribution in [3.05, 3.63) is 0 Å².